The monoisotopic (exact) mass is 779 g/mol. The van der Waals surface area contributed by atoms with Gasteiger partial charge in [-0.2, -0.15) is 0 Å². The van der Waals surface area contributed by atoms with E-state index in [2.05, 4.69) is 205 Å². The lowest BCUT2D eigenvalue weighted by Crippen LogP contribution is -2.11. The van der Waals surface area contributed by atoms with E-state index in [-0.39, 0.29) is 0 Å². The average Bonchev–Trinajstić information content (AvgIpc) is 3.91. The van der Waals surface area contributed by atoms with Gasteiger partial charge in [0.05, 0.1) is 5.69 Å². The van der Waals surface area contributed by atoms with Crippen LogP contribution >= 0.6 is 0 Å². The molecule has 12 aromatic rings. The van der Waals surface area contributed by atoms with Gasteiger partial charge in [0.2, 0.25) is 0 Å². The quantitative estimate of drug-likeness (QED) is 0.161. The fourth-order valence-electron chi connectivity index (χ4n) is 9.10. The predicted octanol–water partition coefficient (Wildman–Crippen LogP) is 16.8. The molecule has 2 heterocycles. The molecule has 3 nitrogen and oxygen atoms in total. The molecule has 61 heavy (non-hydrogen) atoms. The number of furan rings is 2. The lowest BCUT2D eigenvalue weighted by atomic mass is 9.96. The van der Waals surface area contributed by atoms with Gasteiger partial charge in [-0.15, -0.1) is 0 Å². The summed E-state index contributed by atoms with van der Waals surface area (Å²) in [5.74, 6) is 0. The number of nitrogens with zero attached hydrogens (tertiary/aromatic N) is 1. The zero-order valence-corrected chi connectivity index (χ0v) is 33.1. The molecule has 3 heteroatoms. The number of rotatable bonds is 7. The summed E-state index contributed by atoms with van der Waals surface area (Å²) in [5.41, 5.74) is 15.7. The van der Waals surface area contributed by atoms with E-state index in [1.165, 1.54) is 27.5 Å². The van der Waals surface area contributed by atoms with Gasteiger partial charge in [0.25, 0.3) is 0 Å². The molecule has 0 bridgehead atoms. The van der Waals surface area contributed by atoms with Crippen LogP contribution in [-0.2, 0) is 0 Å². The van der Waals surface area contributed by atoms with Gasteiger partial charge in [0, 0.05) is 49.6 Å². The fraction of sp³-hybridized carbons (Fsp3) is 0. The van der Waals surface area contributed by atoms with E-state index >= 15 is 0 Å². The summed E-state index contributed by atoms with van der Waals surface area (Å²) < 4.78 is 13.1. The molecule has 2 aromatic heterocycles. The van der Waals surface area contributed by atoms with Gasteiger partial charge < -0.3 is 13.7 Å². The van der Waals surface area contributed by atoms with E-state index in [0.717, 1.165) is 88.8 Å². The summed E-state index contributed by atoms with van der Waals surface area (Å²) in [6.45, 7) is 0. The SMILES string of the molecule is c1cc(-c2ccc(N(c3ccc(-c4cccc5c4oc4ccccc45)cc3)c3ccccc3-c3cccc4c3oc3ccccc34)cc2)cc(-c2ccc3ccccc3c2)c1. The highest BCUT2D eigenvalue weighted by molar-refractivity contribution is 6.11. The number of benzene rings is 10. The number of hydrogen-bond acceptors (Lipinski definition) is 3. The van der Waals surface area contributed by atoms with Crippen LogP contribution in [0.3, 0.4) is 0 Å². The van der Waals surface area contributed by atoms with Crippen LogP contribution in [0.5, 0.6) is 0 Å². The zero-order valence-electron chi connectivity index (χ0n) is 33.1. The second-order valence-electron chi connectivity index (χ2n) is 15.7. The Balaban J connectivity index is 0.978. The minimum atomic E-state index is 0.882. The van der Waals surface area contributed by atoms with Crippen LogP contribution in [-0.4, -0.2) is 0 Å². The van der Waals surface area contributed by atoms with Crippen LogP contribution in [0.15, 0.2) is 233 Å². The summed E-state index contributed by atoms with van der Waals surface area (Å²) in [6.07, 6.45) is 0. The van der Waals surface area contributed by atoms with Gasteiger partial charge in [-0.3, -0.25) is 0 Å². The summed E-state index contributed by atoms with van der Waals surface area (Å²) in [5, 5.41) is 6.96. The van der Waals surface area contributed by atoms with Gasteiger partial charge in [-0.1, -0.05) is 170 Å². The van der Waals surface area contributed by atoms with Crippen LogP contribution in [0.4, 0.5) is 17.1 Å². The lowest BCUT2D eigenvalue weighted by molar-refractivity contribution is 0.669. The Labute approximate surface area is 353 Å². The van der Waals surface area contributed by atoms with E-state index < -0.39 is 0 Å². The Kier molecular flexibility index (Phi) is 8.17. The first-order valence-electron chi connectivity index (χ1n) is 20.7. The number of anilines is 3. The standard InChI is InChI=1S/C58H37NO2/c1-2-13-41-37-44(27-26-38(41)12-1)43-15-9-14-42(36-43)39-28-32-45(33-29-39)59(46-34-30-40(31-35-46)47-19-10-21-52-49-17-4-7-24-55(49)60-57(47)52)54-23-6-3-16-48(54)51-20-11-22-53-50-18-5-8-25-56(50)61-58(51)53/h1-37H. The first-order valence-corrected chi connectivity index (χ1v) is 20.7. The highest BCUT2D eigenvalue weighted by atomic mass is 16.3. The van der Waals surface area contributed by atoms with Crippen molar-refractivity contribution in [2.24, 2.45) is 0 Å². The number of fused-ring (bicyclic) bond motifs is 7. The van der Waals surface area contributed by atoms with Crippen molar-refractivity contribution in [1.82, 2.24) is 0 Å². The number of para-hydroxylation sites is 5. The maximum absolute atomic E-state index is 6.61. The first-order chi connectivity index (χ1) is 30.2. The molecule has 10 aromatic carbocycles. The fourth-order valence-corrected chi connectivity index (χ4v) is 9.10. The van der Waals surface area contributed by atoms with E-state index in [0.29, 0.717) is 0 Å². The van der Waals surface area contributed by atoms with E-state index in [4.69, 9.17) is 8.83 Å². The molecule has 0 unspecified atom stereocenters. The maximum Gasteiger partial charge on any atom is 0.143 e. The summed E-state index contributed by atoms with van der Waals surface area (Å²) in [4.78, 5) is 2.36. The molecular formula is C58H37NO2. The van der Waals surface area contributed by atoms with Gasteiger partial charge in [0.15, 0.2) is 0 Å². The van der Waals surface area contributed by atoms with Crippen molar-refractivity contribution in [3.8, 4) is 44.5 Å². The normalized spacial score (nSPS) is 11.6. The second-order valence-corrected chi connectivity index (χ2v) is 15.7. The van der Waals surface area contributed by atoms with E-state index in [1.807, 2.05) is 24.3 Å². The van der Waals surface area contributed by atoms with Gasteiger partial charge in [-0.05, 0) is 93.2 Å². The van der Waals surface area contributed by atoms with E-state index in [9.17, 15) is 0 Å². The smallest absolute Gasteiger partial charge is 0.143 e. The van der Waals surface area contributed by atoms with Crippen molar-refractivity contribution in [2.75, 3.05) is 4.90 Å². The predicted molar refractivity (Wildman–Crippen MR) is 255 cm³/mol. The van der Waals surface area contributed by atoms with Crippen molar-refractivity contribution < 1.29 is 8.83 Å². The number of hydrogen-bond donors (Lipinski definition) is 0. The molecule has 0 radical (unpaired) electrons. The molecule has 12 rings (SSSR count). The van der Waals surface area contributed by atoms with Crippen LogP contribution in [0.25, 0.3) is 99.2 Å². The second kappa shape index (κ2) is 14.3. The van der Waals surface area contributed by atoms with Crippen molar-refractivity contribution >= 4 is 71.7 Å². The molecule has 0 aliphatic heterocycles. The lowest BCUT2D eigenvalue weighted by Gasteiger charge is -2.28. The molecule has 0 saturated carbocycles. The topological polar surface area (TPSA) is 29.5 Å². The van der Waals surface area contributed by atoms with Gasteiger partial charge in [-0.25, -0.2) is 0 Å². The Hall–Kier alpha value is -8.14. The first kappa shape index (κ1) is 34.9. The summed E-state index contributed by atoms with van der Waals surface area (Å²) in [6, 6.07) is 79.9. The van der Waals surface area contributed by atoms with Crippen molar-refractivity contribution in [1.29, 1.82) is 0 Å². The van der Waals surface area contributed by atoms with Gasteiger partial charge >= 0.3 is 0 Å². The third-order valence-electron chi connectivity index (χ3n) is 12.1. The summed E-state index contributed by atoms with van der Waals surface area (Å²) >= 11 is 0. The largest absolute Gasteiger partial charge is 0.455 e. The molecule has 0 aliphatic carbocycles. The Morgan fingerprint density at radius 1 is 0.279 bits per heavy atom. The van der Waals surface area contributed by atoms with Crippen LogP contribution in [0.1, 0.15) is 0 Å². The van der Waals surface area contributed by atoms with Crippen molar-refractivity contribution in [3.05, 3.63) is 224 Å². The van der Waals surface area contributed by atoms with Crippen molar-refractivity contribution in [2.45, 2.75) is 0 Å². The molecule has 0 amide bonds. The third kappa shape index (κ3) is 5.98. The Bertz CT molecular complexity index is 3590. The van der Waals surface area contributed by atoms with Gasteiger partial charge in [0.1, 0.15) is 22.3 Å². The molecule has 0 saturated heterocycles. The van der Waals surface area contributed by atoms with Crippen LogP contribution in [0, 0.1) is 0 Å². The highest BCUT2D eigenvalue weighted by Crippen LogP contribution is 2.45. The molecule has 0 spiro atoms. The van der Waals surface area contributed by atoms with Crippen LogP contribution in [0.2, 0.25) is 0 Å². The molecular weight excluding hydrogens is 743 g/mol. The van der Waals surface area contributed by atoms with E-state index in [1.54, 1.807) is 0 Å². The third-order valence-corrected chi connectivity index (χ3v) is 12.1. The minimum absolute atomic E-state index is 0.882. The van der Waals surface area contributed by atoms with Crippen LogP contribution < -0.4 is 4.90 Å². The molecule has 286 valence electrons. The molecule has 0 N–H and O–H groups in total. The average molecular weight is 780 g/mol. The summed E-state index contributed by atoms with van der Waals surface area (Å²) in [7, 11) is 0. The molecule has 0 fully saturated rings. The Morgan fingerprint density at radius 2 is 0.754 bits per heavy atom. The van der Waals surface area contributed by atoms with Crippen molar-refractivity contribution in [3.63, 3.8) is 0 Å². The zero-order chi connectivity index (χ0) is 40.3. The highest BCUT2D eigenvalue weighted by Gasteiger charge is 2.21. The Morgan fingerprint density at radius 3 is 1.46 bits per heavy atom. The minimum Gasteiger partial charge on any atom is -0.455 e. The maximum atomic E-state index is 6.61. The molecule has 0 aliphatic rings. The molecule has 0 atom stereocenters.